The Kier molecular flexibility index (Phi) is 4.57. The molecule has 2 atom stereocenters. The monoisotopic (exact) mass is 431 g/mol. The van der Waals surface area contributed by atoms with Crippen LogP contribution in [0.5, 0.6) is 0 Å². The molecule has 2 bridgehead atoms. The average molecular weight is 432 g/mol. The van der Waals surface area contributed by atoms with Crippen molar-refractivity contribution >= 4 is 11.8 Å². The minimum absolute atomic E-state index is 0.00348. The molecule has 0 spiro atoms. The number of nitrogens with zero attached hydrogens (tertiary/aromatic N) is 1. The Balaban J connectivity index is 1.64. The number of hydrogen-bond acceptors (Lipinski definition) is 4. The number of amides is 2. The summed E-state index contributed by atoms with van der Waals surface area (Å²) in [6.07, 6.45) is 4.47. The quantitative estimate of drug-likeness (QED) is 0.543. The lowest BCUT2D eigenvalue weighted by atomic mass is 9.47. The Labute approximate surface area is 188 Å². The van der Waals surface area contributed by atoms with Crippen LogP contribution in [0, 0.1) is 11.8 Å². The van der Waals surface area contributed by atoms with E-state index in [1.807, 2.05) is 24.3 Å². The van der Waals surface area contributed by atoms with Crippen molar-refractivity contribution in [3.05, 3.63) is 70.8 Å². The van der Waals surface area contributed by atoms with Gasteiger partial charge in [-0.3, -0.25) is 14.5 Å². The van der Waals surface area contributed by atoms with Gasteiger partial charge in [0, 0.05) is 26.2 Å². The van der Waals surface area contributed by atoms with Crippen LogP contribution in [0.15, 0.2) is 48.5 Å². The van der Waals surface area contributed by atoms with E-state index >= 15 is 0 Å². The number of imide groups is 1. The van der Waals surface area contributed by atoms with Crippen LogP contribution < -0.4 is 0 Å². The summed E-state index contributed by atoms with van der Waals surface area (Å²) in [6, 6.07) is 16.5. The number of methoxy groups -OCH3 is 2. The molecule has 2 aromatic rings. The summed E-state index contributed by atoms with van der Waals surface area (Å²) in [4.78, 5) is 29.9. The van der Waals surface area contributed by atoms with Crippen molar-refractivity contribution in [1.82, 2.24) is 4.90 Å². The largest absolute Gasteiger partial charge is 0.355 e. The minimum Gasteiger partial charge on any atom is -0.355 e. The fourth-order valence-corrected chi connectivity index (χ4v) is 7.42. The number of hydrogen-bond donors (Lipinski definition) is 0. The van der Waals surface area contributed by atoms with Crippen LogP contribution in [0.1, 0.15) is 60.3 Å². The Morgan fingerprint density at radius 1 is 0.844 bits per heavy atom. The van der Waals surface area contributed by atoms with Gasteiger partial charge in [0.15, 0.2) is 6.29 Å². The Bertz CT molecular complexity index is 1040. The summed E-state index contributed by atoms with van der Waals surface area (Å²) in [5.74, 6) is -1.09. The van der Waals surface area contributed by atoms with Gasteiger partial charge in [-0.05, 0) is 35.1 Å². The van der Waals surface area contributed by atoms with Gasteiger partial charge in [0.2, 0.25) is 11.8 Å². The van der Waals surface area contributed by atoms with Crippen molar-refractivity contribution < 1.29 is 19.1 Å². The fraction of sp³-hybridized carbons (Fsp3) is 0.481. The highest BCUT2D eigenvalue weighted by Crippen LogP contribution is 2.65. The highest BCUT2D eigenvalue weighted by Gasteiger charge is 2.71. The number of carbonyl (C=O) groups excluding carboxylic acids is 2. The molecule has 2 amide bonds. The third kappa shape index (κ3) is 2.31. The number of benzene rings is 2. The normalized spacial score (nSPS) is 31.1. The van der Waals surface area contributed by atoms with E-state index in [4.69, 9.17) is 9.47 Å². The average Bonchev–Trinajstić information content (AvgIpc) is 3.11. The van der Waals surface area contributed by atoms with E-state index in [2.05, 4.69) is 24.3 Å². The molecule has 0 N–H and O–H groups in total. The zero-order valence-electron chi connectivity index (χ0n) is 18.6. The number of rotatable bonds is 4. The topological polar surface area (TPSA) is 55.8 Å². The number of carbonyl (C=O) groups is 2. The molecule has 1 aliphatic heterocycles. The molecule has 0 radical (unpaired) electrons. The maximum absolute atomic E-state index is 14.2. The molecule has 7 rings (SSSR count). The van der Waals surface area contributed by atoms with E-state index in [1.165, 1.54) is 6.42 Å². The van der Waals surface area contributed by atoms with E-state index in [0.717, 1.165) is 47.9 Å². The van der Waals surface area contributed by atoms with Crippen LogP contribution in [-0.4, -0.2) is 43.3 Å². The highest BCUT2D eigenvalue weighted by molar-refractivity contribution is 6.08. The van der Waals surface area contributed by atoms with Gasteiger partial charge in [0.25, 0.3) is 0 Å². The molecule has 2 fully saturated rings. The molecule has 32 heavy (non-hydrogen) atoms. The van der Waals surface area contributed by atoms with Gasteiger partial charge < -0.3 is 9.47 Å². The maximum Gasteiger partial charge on any atom is 0.234 e. The highest BCUT2D eigenvalue weighted by atomic mass is 16.7. The van der Waals surface area contributed by atoms with Gasteiger partial charge in [-0.15, -0.1) is 0 Å². The molecule has 5 nitrogen and oxygen atoms in total. The molecular weight excluding hydrogens is 402 g/mol. The number of ether oxygens (including phenoxy) is 2. The zero-order valence-corrected chi connectivity index (χ0v) is 18.6. The van der Waals surface area contributed by atoms with E-state index in [0.29, 0.717) is 0 Å². The second kappa shape index (κ2) is 7.26. The van der Waals surface area contributed by atoms with E-state index < -0.39 is 23.5 Å². The SMILES string of the molecule is COC(OC)C12c3ccccc3C(c3ccccc31)[C@H]1C(=O)N(C3CCCCC3)C(=O)[C@@H]12. The first-order valence-corrected chi connectivity index (χ1v) is 11.8. The first-order valence-electron chi connectivity index (χ1n) is 11.8. The molecule has 5 aliphatic rings. The fourth-order valence-electron chi connectivity index (χ4n) is 7.42. The predicted octanol–water partition coefficient (Wildman–Crippen LogP) is 3.98. The van der Waals surface area contributed by atoms with Crippen LogP contribution in [0.3, 0.4) is 0 Å². The van der Waals surface area contributed by atoms with Crippen molar-refractivity contribution in [3.8, 4) is 0 Å². The van der Waals surface area contributed by atoms with Gasteiger partial charge >= 0.3 is 0 Å². The van der Waals surface area contributed by atoms with Crippen LogP contribution in [0.4, 0.5) is 0 Å². The van der Waals surface area contributed by atoms with Crippen molar-refractivity contribution in [2.75, 3.05) is 14.2 Å². The van der Waals surface area contributed by atoms with Crippen molar-refractivity contribution in [2.45, 2.75) is 55.8 Å². The molecule has 0 aromatic heterocycles. The van der Waals surface area contributed by atoms with E-state index in [9.17, 15) is 9.59 Å². The summed E-state index contributed by atoms with van der Waals surface area (Å²) in [6.45, 7) is 0. The lowest BCUT2D eigenvalue weighted by molar-refractivity contribution is -0.169. The third-order valence-corrected chi connectivity index (χ3v) is 8.46. The molecular formula is C27H29NO4. The van der Waals surface area contributed by atoms with Crippen molar-refractivity contribution in [3.63, 3.8) is 0 Å². The first-order chi connectivity index (χ1) is 15.7. The summed E-state index contributed by atoms with van der Waals surface area (Å²) in [7, 11) is 3.26. The standard InChI is InChI=1S/C27H29NO4/c1-31-26(32-2)27-19-14-8-6-12-17(19)21(18-13-7-9-15-20(18)27)22-23(27)25(30)28(24(22)29)16-10-4-3-5-11-16/h6-9,12-16,21-23,26H,3-5,10-11H2,1-2H3/t21?,22-,23-,27?/m1/s1. The van der Waals surface area contributed by atoms with Crippen LogP contribution in [0.25, 0.3) is 0 Å². The molecule has 4 aliphatic carbocycles. The van der Waals surface area contributed by atoms with Crippen LogP contribution in [-0.2, 0) is 24.5 Å². The van der Waals surface area contributed by atoms with Gasteiger partial charge in [0.1, 0.15) is 0 Å². The summed E-state index contributed by atoms with van der Waals surface area (Å²) in [5.41, 5.74) is 3.51. The van der Waals surface area contributed by atoms with E-state index in [-0.39, 0.29) is 23.8 Å². The van der Waals surface area contributed by atoms with Crippen LogP contribution >= 0.6 is 0 Å². The zero-order chi connectivity index (χ0) is 22.0. The summed E-state index contributed by atoms with van der Waals surface area (Å²) < 4.78 is 11.9. The first kappa shape index (κ1) is 20.1. The molecule has 1 heterocycles. The molecule has 166 valence electrons. The van der Waals surface area contributed by atoms with Crippen LogP contribution in [0.2, 0.25) is 0 Å². The summed E-state index contributed by atoms with van der Waals surface area (Å²) in [5, 5.41) is 0. The lowest BCUT2D eigenvalue weighted by Crippen LogP contribution is -2.60. The molecule has 0 unspecified atom stereocenters. The molecule has 1 saturated carbocycles. The molecule has 5 heteroatoms. The van der Waals surface area contributed by atoms with Gasteiger partial charge in [0.05, 0.1) is 17.3 Å². The van der Waals surface area contributed by atoms with Crippen molar-refractivity contribution in [2.24, 2.45) is 11.8 Å². The lowest BCUT2D eigenvalue weighted by Gasteiger charge is -2.56. The second-order valence-corrected chi connectivity index (χ2v) is 9.67. The molecule has 1 saturated heterocycles. The molecule has 2 aromatic carbocycles. The van der Waals surface area contributed by atoms with Crippen molar-refractivity contribution in [1.29, 1.82) is 0 Å². The van der Waals surface area contributed by atoms with Gasteiger partial charge in [-0.2, -0.15) is 0 Å². The Morgan fingerprint density at radius 3 is 1.97 bits per heavy atom. The van der Waals surface area contributed by atoms with Gasteiger partial charge in [-0.25, -0.2) is 0 Å². The van der Waals surface area contributed by atoms with E-state index in [1.54, 1.807) is 19.1 Å². The smallest absolute Gasteiger partial charge is 0.234 e. The summed E-state index contributed by atoms with van der Waals surface area (Å²) >= 11 is 0. The van der Waals surface area contributed by atoms with Gasteiger partial charge in [-0.1, -0.05) is 67.8 Å². The Hall–Kier alpha value is -2.50. The predicted molar refractivity (Wildman–Crippen MR) is 119 cm³/mol. The maximum atomic E-state index is 14.2. The second-order valence-electron chi connectivity index (χ2n) is 9.67. The third-order valence-electron chi connectivity index (χ3n) is 8.46. The Morgan fingerprint density at radius 2 is 1.41 bits per heavy atom. The minimum atomic E-state index is -0.855. The number of likely N-dealkylation sites (tertiary alicyclic amines) is 1.